The van der Waals surface area contributed by atoms with Crippen molar-refractivity contribution in [3.05, 3.63) is 35.0 Å². The lowest BCUT2D eigenvalue weighted by Gasteiger charge is -2.11. The van der Waals surface area contributed by atoms with Crippen molar-refractivity contribution in [2.75, 3.05) is 34.5 Å². The number of carbonyl (C=O) groups excluding carboxylic acids is 1. The van der Waals surface area contributed by atoms with Crippen molar-refractivity contribution in [1.82, 2.24) is 5.32 Å². The summed E-state index contributed by atoms with van der Waals surface area (Å²) in [6, 6.07) is 5.67. The van der Waals surface area contributed by atoms with Gasteiger partial charge in [0.15, 0.2) is 11.5 Å². The van der Waals surface area contributed by atoms with Gasteiger partial charge in [-0.2, -0.15) is 0 Å². The van der Waals surface area contributed by atoms with Crippen LogP contribution in [0.2, 0.25) is 0 Å². The van der Waals surface area contributed by atoms with E-state index in [9.17, 15) is 4.79 Å². The molecule has 1 aliphatic rings. The normalized spacial score (nSPS) is 14.0. The van der Waals surface area contributed by atoms with Crippen LogP contribution < -0.4 is 14.8 Å². The number of hydrogen-bond acceptors (Lipinski definition) is 6. The topological polar surface area (TPSA) is 66.0 Å². The molecule has 0 amide bonds. The highest BCUT2D eigenvalue weighted by atomic mass is 16.5. The van der Waals surface area contributed by atoms with Gasteiger partial charge in [0, 0.05) is 6.54 Å². The molecule has 0 fully saturated rings. The van der Waals surface area contributed by atoms with E-state index in [2.05, 4.69) is 5.32 Å². The molecule has 0 atom stereocenters. The van der Waals surface area contributed by atoms with E-state index in [1.54, 1.807) is 14.2 Å². The molecule has 0 bridgehead atoms. The van der Waals surface area contributed by atoms with Crippen LogP contribution in [-0.2, 0) is 20.8 Å². The minimum Gasteiger partial charge on any atom is -0.493 e. The first kappa shape index (κ1) is 15.2. The number of methoxy groups -OCH3 is 3. The fourth-order valence-corrected chi connectivity index (χ4v) is 2.09. The molecule has 6 heteroatoms. The summed E-state index contributed by atoms with van der Waals surface area (Å²) in [6.07, 6.45) is 0. The van der Waals surface area contributed by atoms with Crippen LogP contribution in [0.15, 0.2) is 29.5 Å². The zero-order chi connectivity index (χ0) is 15.2. The number of rotatable bonds is 6. The van der Waals surface area contributed by atoms with Crippen LogP contribution in [0.5, 0.6) is 11.5 Å². The van der Waals surface area contributed by atoms with Crippen LogP contribution in [0.4, 0.5) is 0 Å². The van der Waals surface area contributed by atoms with E-state index in [0.29, 0.717) is 30.2 Å². The summed E-state index contributed by atoms with van der Waals surface area (Å²) in [5.41, 5.74) is 2.31. The van der Waals surface area contributed by atoms with Crippen LogP contribution in [0.25, 0.3) is 0 Å². The van der Waals surface area contributed by atoms with Crippen molar-refractivity contribution in [1.29, 1.82) is 0 Å². The Morgan fingerprint density at radius 1 is 1.19 bits per heavy atom. The van der Waals surface area contributed by atoms with Crippen LogP contribution >= 0.6 is 0 Å². The van der Waals surface area contributed by atoms with Gasteiger partial charge in [0.05, 0.1) is 45.8 Å². The maximum absolute atomic E-state index is 11.6. The first-order chi connectivity index (χ1) is 10.2. The lowest BCUT2D eigenvalue weighted by molar-refractivity contribution is -0.136. The van der Waals surface area contributed by atoms with Crippen LogP contribution in [0.3, 0.4) is 0 Å². The molecule has 0 saturated heterocycles. The molecular weight excluding hydrogens is 274 g/mol. The molecule has 0 radical (unpaired) electrons. The Morgan fingerprint density at radius 3 is 2.62 bits per heavy atom. The number of benzene rings is 1. The molecule has 6 nitrogen and oxygen atoms in total. The molecule has 2 rings (SSSR count). The molecule has 0 spiro atoms. The highest BCUT2D eigenvalue weighted by molar-refractivity contribution is 5.90. The largest absolute Gasteiger partial charge is 0.493 e. The summed E-state index contributed by atoms with van der Waals surface area (Å²) in [7, 11) is 4.55. The van der Waals surface area contributed by atoms with Gasteiger partial charge in [0.25, 0.3) is 0 Å². The Bertz CT molecular complexity index is 553. The molecule has 1 aliphatic heterocycles. The Balaban J connectivity index is 2.07. The molecule has 0 unspecified atom stereocenters. The van der Waals surface area contributed by atoms with Crippen molar-refractivity contribution < 1.29 is 23.7 Å². The van der Waals surface area contributed by atoms with Gasteiger partial charge in [-0.15, -0.1) is 0 Å². The highest BCUT2D eigenvalue weighted by Crippen LogP contribution is 2.27. The van der Waals surface area contributed by atoms with Gasteiger partial charge in [-0.05, 0) is 17.7 Å². The molecule has 0 aliphatic carbocycles. The van der Waals surface area contributed by atoms with Gasteiger partial charge < -0.3 is 24.3 Å². The zero-order valence-corrected chi connectivity index (χ0v) is 12.4. The first-order valence-corrected chi connectivity index (χ1v) is 6.52. The molecule has 1 N–H and O–H groups in total. The second-order valence-corrected chi connectivity index (χ2v) is 4.48. The molecule has 21 heavy (non-hydrogen) atoms. The second-order valence-electron chi connectivity index (χ2n) is 4.48. The van der Waals surface area contributed by atoms with E-state index in [4.69, 9.17) is 18.9 Å². The number of hydrogen-bond donors (Lipinski definition) is 1. The van der Waals surface area contributed by atoms with Gasteiger partial charge in [-0.1, -0.05) is 6.07 Å². The number of carbonyl (C=O) groups is 1. The average molecular weight is 293 g/mol. The smallest absolute Gasteiger partial charge is 0.337 e. The quantitative estimate of drug-likeness (QED) is 0.796. The summed E-state index contributed by atoms with van der Waals surface area (Å²) in [6.45, 7) is 1.22. The predicted octanol–water partition coefficient (Wildman–Crippen LogP) is 1.25. The van der Waals surface area contributed by atoms with Crippen LogP contribution in [-0.4, -0.2) is 40.5 Å². The van der Waals surface area contributed by atoms with Crippen molar-refractivity contribution >= 4 is 5.97 Å². The molecular formula is C15H19NO5. The van der Waals surface area contributed by atoms with Gasteiger partial charge in [0.1, 0.15) is 0 Å². The summed E-state index contributed by atoms with van der Waals surface area (Å²) < 4.78 is 20.5. The molecule has 1 aromatic rings. The SMILES string of the molecule is COC(=O)C1=C(NCc2ccc(OC)c(OC)c2)COC1. The summed E-state index contributed by atoms with van der Waals surface area (Å²) >= 11 is 0. The molecule has 0 saturated carbocycles. The standard InChI is InChI=1S/C15H19NO5/c1-18-13-5-4-10(6-14(13)19-2)7-16-12-9-21-8-11(12)15(17)20-3/h4-6,16H,7-9H2,1-3H3. The number of esters is 1. The third kappa shape index (κ3) is 3.46. The minimum atomic E-state index is -0.359. The Hall–Kier alpha value is -2.21. The van der Waals surface area contributed by atoms with Crippen molar-refractivity contribution in [2.45, 2.75) is 6.54 Å². The van der Waals surface area contributed by atoms with Crippen molar-refractivity contribution in [3.8, 4) is 11.5 Å². The van der Waals surface area contributed by atoms with E-state index in [1.165, 1.54) is 7.11 Å². The highest BCUT2D eigenvalue weighted by Gasteiger charge is 2.22. The van der Waals surface area contributed by atoms with Gasteiger partial charge >= 0.3 is 5.97 Å². The summed E-state index contributed by atoms with van der Waals surface area (Å²) in [5.74, 6) is 0.990. The van der Waals surface area contributed by atoms with Gasteiger partial charge in [-0.3, -0.25) is 0 Å². The van der Waals surface area contributed by atoms with Crippen LogP contribution in [0.1, 0.15) is 5.56 Å². The van der Waals surface area contributed by atoms with Gasteiger partial charge in [-0.25, -0.2) is 4.79 Å². The average Bonchev–Trinajstić information content (AvgIpc) is 3.00. The van der Waals surface area contributed by atoms with E-state index in [0.717, 1.165) is 11.3 Å². The minimum absolute atomic E-state index is 0.279. The van der Waals surface area contributed by atoms with E-state index in [-0.39, 0.29) is 12.6 Å². The first-order valence-electron chi connectivity index (χ1n) is 6.52. The Morgan fingerprint density at radius 2 is 1.95 bits per heavy atom. The lowest BCUT2D eigenvalue weighted by Crippen LogP contribution is -2.18. The second kappa shape index (κ2) is 6.99. The Kier molecular flexibility index (Phi) is 5.05. The Labute approximate surface area is 123 Å². The molecule has 0 aromatic heterocycles. The maximum Gasteiger partial charge on any atom is 0.337 e. The fourth-order valence-electron chi connectivity index (χ4n) is 2.09. The third-order valence-electron chi connectivity index (χ3n) is 3.24. The molecule has 114 valence electrons. The fraction of sp³-hybridized carbons (Fsp3) is 0.400. The monoisotopic (exact) mass is 293 g/mol. The lowest BCUT2D eigenvalue weighted by atomic mass is 10.2. The summed E-state index contributed by atoms with van der Waals surface area (Å²) in [4.78, 5) is 11.6. The van der Waals surface area contributed by atoms with Crippen molar-refractivity contribution in [2.24, 2.45) is 0 Å². The van der Waals surface area contributed by atoms with E-state index < -0.39 is 0 Å². The third-order valence-corrected chi connectivity index (χ3v) is 3.24. The molecule has 1 aromatic carbocycles. The van der Waals surface area contributed by atoms with E-state index >= 15 is 0 Å². The van der Waals surface area contributed by atoms with Crippen LogP contribution in [0, 0.1) is 0 Å². The van der Waals surface area contributed by atoms with E-state index in [1.807, 2.05) is 18.2 Å². The molecule has 1 heterocycles. The maximum atomic E-state index is 11.6. The van der Waals surface area contributed by atoms with Crippen molar-refractivity contribution in [3.63, 3.8) is 0 Å². The van der Waals surface area contributed by atoms with Gasteiger partial charge in [0.2, 0.25) is 0 Å². The number of nitrogens with one attached hydrogen (secondary N) is 1. The summed E-state index contributed by atoms with van der Waals surface area (Å²) in [5, 5.41) is 3.21. The zero-order valence-electron chi connectivity index (χ0n) is 12.4. The predicted molar refractivity (Wildman–Crippen MR) is 76.2 cm³/mol. The number of ether oxygens (including phenoxy) is 4.